The summed E-state index contributed by atoms with van der Waals surface area (Å²) in [5, 5.41) is 4.52. The molecule has 0 unspecified atom stereocenters. The third kappa shape index (κ3) is 6.22. The molecule has 2 aliphatic carbocycles. The first-order chi connectivity index (χ1) is 35.4. The Hall–Kier alpha value is -8.23. The number of para-hydroxylation sites is 5. The Kier molecular flexibility index (Phi) is 9.33. The van der Waals surface area contributed by atoms with Crippen LogP contribution in [0.15, 0.2) is 194 Å². The van der Waals surface area contributed by atoms with Crippen LogP contribution in [-0.2, 0) is 30.4 Å². The number of rotatable bonds is 6. The number of fused-ring (bicyclic) bond motifs is 12. The summed E-state index contributed by atoms with van der Waals surface area (Å²) in [5.41, 5.74) is 9.08. The summed E-state index contributed by atoms with van der Waals surface area (Å²) < 4.78 is 90.5. The first kappa shape index (κ1) is 43.5. The summed E-state index contributed by atoms with van der Waals surface area (Å²) in [4.78, 5) is 0. The van der Waals surface area contributed by atoms with Gasteiger partial charge in [-0.25, -0.2) is 8.78 Å². The highest BCUT2D eigenvalue weighted by atomic mass is 19.4. The second-order valence-electron chi connectivity index (χ2n) is 20.1. The number of benzene rings is 9. The molecule has 14 rings (SSSR count). The van der Waals surface area contributed by atoms with Gasteiger partial charge in [0.25, 0.3) is 5.92 Å². The van der Waals surface area contributed by atoms with Crippen molar-refractivity contribution in [1.29, 1.82) is 0 Å². The van der Waals surface area contributed by atoms with E-state index in [1.165, 1.54) is 12.1 Å². The number of nitrogens with zero attached hydrogens (tertiary/aromatic N) is 3. The molecular weight excluding hydrogens is 918 g/mol. The Morgan fingerprint density at radius 3 is 1.30 bits per heavy atom. The van der Waals surface area contributed by atoms with Crippen LogP contribution in [0.1, 0.15) is 65.8 Å². The second-order valence-corrected chi connectivity index (χ2v) is 20.1. The fraction of sp³-hybridized carbons (Fsp3) is 0.138. The van der Waals surface area contributed by atoms with E-state index in [2.05, 4.69) is 41.8 Å². The molecule has 3 nitrogen and oxygen atoms in total. The van der Waals surface area contributed by atoms with Crippen LogP contribution < -0.4 is 0 Å². The van der Waals surface area contributed by atoms with E-state index in [9.17, 15) is 0 Å². The lowest BCUT2D eigenvalue weighted by Gasteiger charge is -2.33. The highest BCUT2D eigenvalue weighted by Gasteiger charge is 2.45. The summed E-state index contributed by atoms with van der Waals surface area (Å²) in [6.07, 6.45) is -1.48. The van der Waals surface area contributed by atoms with E-state index >= 15 is 22.0 Å². The Bertz CT molecular complexity index is 4120. The standard InChI is InChI=1S/C65H46F5N3/c1-63(49-27-11-3-19-39(49)40-20-4-12-28-50(40)63)51-37-61(72-56-31-15-7-23-43(56)44-24-8-16-32-57(44)72)53(65(68,69)70)35-47(51)48-36-52(64(2,66)67)62(73-58-33-17-9-25-45(58)46-26-10-18-34-59(46)73)38-60(48)71-54-29-13-5-21-41(54)42-22-6-14-30-55(42)71/h3-9,11-17,19-25,27-33,35-38H,10,18,26,34H2,1-2H3. The number of aromatic nitrogens is 3. The van der Waals surface area contributed by atoms with Crippen LogP contribution >= 0.6 is 0 Å². The lowest BCUT2D eigenvalue weighted by Crippen LogP contribution is -2.25. The maximum Gasteiger partial charge on any atom is 0.418 e. The van der Waals surface area contributed by atoms with Crippen LogP contribution in [0, 0.1) is 0 Å². The highest BCUT2D eigenvalue weighted by Crippen LogP contribution is 2.57. The van der Waals surface area contributed by atoms with Gasteiger partial charge in [-0.1, -0.05) is 140 Å². The molecule has 0 aliphatic heterocycles. The van der Waals surface area contributed by atoms with Gasteiger partial charge in [0.1, 0.15) is 0 Å². The van der Waals surface area contributed by atoms with Gasteiger partial charge < -0.3 is 13.7 Å². The van der Waals surface area contributed by atoms with Crippen molar-refractivity contribution in [2.45, 2.75) is 57.0 Å². The zero-order valence-corrected chi connectivity index (χ0v) is 40.0. The number of aryl methyl sites for hydroxylation is 1. The van der Waals surface area contributed by atoms with E-state index in [-0.39, 0.29) is 22.4 Å². The Balaban J connectivity index is 1.20. The molecule has 0 saturated heterocycles. The van der Waals surface area contributed by atoms with Crippen molar-refractivity contribution in [1.82, 2.24) is 13.7 Å². The van der Waals surface area contributed by atoms with Gasteiger partial charge in [-0.15, -0.1) is 0 Å². The predicted molar refractivity (Wildman–Crippen MR) is 286 cm³/mol. The summed E-state index contributed by atoms with van der Waals surface area (Å²) in [7, 11) is 0. The minimum atomic E-state index is -4.89. The number of halogens is 5. The SMILES string of the molecule is CC(F)(F)c1cc(-c2cc(C(F)(F)F)c(-n3c4ccccc4c4ccccc43)cc2C2(C)c3ccccc3-c3ccccc32)c(-n2c3ccccc3c3ccccc32)cc1-n1c2c(c3ccccc31)CCCC2. The fourth-order valence-electron chi connectivity index (χ4n) is 13.0. The van der Waals surface area contributed by atoms with Gasteiger partial charge in [0.15, 0.2) is 0 Å². The summed E-state index contributed by atoms with van der Waals surface area (Å²) >= 11 is 0. The van der Waals surface area contributed by atoms with E-state index in [1.54, 1.807) is 10.6 Å². The summed E-state index contributed by atoms with van der Waals surface area (Å²) in [5.74, 6) is -3.44. The molecular formula is C65H46F5N3. The largest absolute Gasteiger partial charge is 0.418 e. The van der Waals surface area contributed by atoms with E-state index in [1.807, 2.05) is 150 Å². The first-order valence-corrected chi connectivity index (χ1v) is 25.0. The van der Waals surface area contributed by atoms with E-state index in [0.29, 0.717) is 34.4 Å². The van der Waals surface area contributed by atoms with Gasteiger partial charge in [-0.05, 0) is 126 Å². The van der Waals surface area contributed by atoms with Crippen LogP contribution in [0.25, 0.3) is 93.8 Å². The Morgan fingerprint density at radius 1 is 0.384 bits per heavy atom. The molecule has 0 fully saturated rings. The average Bonchev–Trinajstić information content (AvgIpc) is 4.12. The molecule has 0 N–H and O–H groups in total. The van der Waals surface area contributed by atoms with Gasteiger partial charge >= 0.3 is 6.18 Å². The number of hydrogen-bond donors (Lipinski definition) is 0. The monoisotopic (exact) mass is 963 g/mol. The van der Waals surface area contributed by atoms with Crippen LogP contribution in [0.3, 0.4) is 0 Å². The second kappa shape index (κ2) is 15.6. The molecule has 0 saturated carbocycles. The molecule has 8 heteroatoms. The average molecular weight is 964 g/mol. The predicted octanol–water partition coefficient (Wildman–Crippen LogP) is 17.8. The van der Waals surface area contributed by atoms with Gasteiger partial charge in [-0.2, -0.15) is 13.2 Å². The molecule has 0 amide bonds. The third-order valence-corrected chi connectivity index (χ3v) is 16.1. The van der Waals surface area contributed by atoms with Crippen LogP contribution in [0.5, 0.6) is 0 Å². The quantitative estimate of drug-likeness (QED) is 0.148. The molecule has 3 aromatic heterocycles. The van der Waals surface area contributed by atoms with Crippen molar-refractivity contribution in [2.75, 3.05) is 0 Å². The van der Waals surface area contributed by atoms with Gasteiger partial charge in [0.05, 0.1) is 50.2 Å². The molecule has 356 valence electrons. The van der Waals surface area contributed by atoms with Crippen LogP contribution in [0.4, 0.5) is 22.0 Å². The molecule has 0 bridgehead atoms. The van der Waals surface area contributed by atoms with Crippen LogP contribution in [0.2, 0.25) is 0 Å². The lowest BCUT2D eigenvalue weighted by molar-refractivity contribution is -0.137. The maximum atomic E-state index is 17.3. The summed E-state index contributed by atoms with van der Waals surface area (Å²) in [6.45, 7) is 2.99. The minimum Gasteiger partial charge on any atom is -0.313 e. The van der Waals surface area contributed by atoms with Gasteiger partial charge in [0, 0.05) is 56.1 Å². The van der Waals surface area contributed by atoms with Crippen molar-refractivity contribution in [3.63, 3.8) is 0 Å². The van der Waals surface area contributed by atoms with Crippen molar-refractivity contribution >= 4 is 54.5 Å². The highest BCUT2D eigenvalue weighted by molar-refractivity contribution is 6.11. The summed E-state index contributed by atoms with van der Waals surface area (Å²) in [6, 6.07) is 61.6. The zero-order chi connectivity index (χ0) is 49.5. The van der Waals surface area contributed by atoms with E-state index < -0.39 is 23.1 Å². The Labute approximate surface area is 418 Å². The first-order valence-electron chi connectivity index (χ1n) is 25.0. The number of hydrogen-bond acceptors (Lipinski definition) is 0. The zero-order valence-electron chi connectivity index (χ0n) is 40.0. The molecule has 0 atom stereocenters. The molecule has 12 aromatic rings. The van der Waals surface area contributed by atoms with Gasteiger partial charge in [0.2, 0.25) is 0 Å². The van der Waals surface area contributed by atoms with Crippen LogP contribution in [-0.4, -0.2) is 13.7 Å². The molecule has 9 aromatic carbocycles. The molecule has 3 heterocycles. The lowest BCUT2D eigenvalue weighted by atomic mass is 9.70. The normalized spacial score (nSPS) is 14.4. The maximum absolute atomic E-state index is 17.3. The molecule has 73 heavy (non-hydrogen) atoms. The third-order valence-electron chi connectivity index (χ3n) is 16.1. The van der Waals surface area contributed by atoms with E-state index in [4.69, 9.17) is 0 Å². The van der Waals surface area contributed by atoms with Crippen molar-refractivity contribution in [2.24, 2.45) is 0 Å². The number of alkyl halides is 5. The van der Waals surface area contributed by atoms with Crippen molar-refractivity contribution in [3.05, 3.63) is 233 Å². The van der Waals surface area contributed by atoms with Crippen molar-refractivity contribution < 1.29 is 22.0 Å². The molecule has 0 spiro atoms. The van der Waals surface area contributed by atoms with Gasteiger partial charge in [-0.3, -0.25) is 0 Å². The smallest absolute Gasteiger partial charge is 0.313 e. The molecule has 2 aliphatic rings. The Morgan fingerprint density at radius 2 is 0.795 bits per heavy atom. The minimum absolute atomic E-state index is 0.0479. The van der Waals surface area contributed by atoms with E-state index in [0.717, 1.165) is 103 Å². The molecule has 0 radical (unpaired) electrons. The fourth-order valence-corrected chi connectivity index (χ4v) is 13.0. The topological polar surface area (TPSA) is 14.8 Å². The van der Waals surface area contributed by atoms with Crippen molar-refractivity contribution in [3.8, 4) is 39.3 Å².